The first-order chi connectivity index (χ1) is 16.9. The van der Waals surface area contributed by atoms with Crippen molar-refractivity contribution in [3.05, 3.63) is 85.3 Å². The Kier molecular flexibility index (Phi) is 8.59. The number of carbonyl (C=O) groups is 1. The zero-order chi connectivity index (χ0) is 24.9. The quantitative estimate of drug-likeness (QED) is 0.146. The number of methoxy groups -OCH3 is 1. The van der Waals surface area contributed by atoms with Crippen LogP contribution in [0.1, 0.15) is 18.1 Å². The van der Waals surface area contributed by atoms with Crippen LogP contribution in [0.2, 0.25) is 5.02 Å². The third-order valence-electron chi connectivity index (χ3n) is 5.04. The first kappa shape index (κ1) is 25.8. The van der Waals surface area contributed by atoms with Crippen LogP contribution >= 0.6 is 58.2 Å². The van der Waals surface area contributed by atoms with E-state index in [2.05, 4.69) is 22.6 Å². The number of hydrogen-bond donors (Lipinski definition) is 0. The zero-order valence-corrected chi connectivity index (χ0v) is 23.5. The summed E-state index contributed by atoms with van der Waals surface area (Å²) in [6, 6.07) is 18.9. The molecule has 3 aromatic carbocycles. The average molecular weight is 638 g/mol. The molecule has 35 heavy (non-hydrogen) atoms. The number of amides is 1. The lowest BCUT2D eigenvalue weighted by Crippen LogP contribution is -2.27. The van der Waals surface area contributed by atoms with Gasteiger partial charge in [0.05, 0.1) is 32.9 Å². The zero-order valence-electron chi connectivity index (χ0n) is 18.9. The number of rotatable bonds is 8. The van der Waals surface area contributed by atoms with Gasteiger partial charge < -0.3 is 14.2 Å². The molecule has 0 atom stereocenters. The summed E-state index contributed by atoms with van der Waals surface area (Å²) in [7, 11) is 1.54. The molecule has 5 nitrogen and oxygen atoms in total. The number of hydrogen-bond acceptors (Lipinski definition) is 6. The number of benzene rings is 3. The first-order valence-corrected chi connectivity index (χ1v) is 13.3. The van der Waals surface area contributed by atoms with Crippen molar-refractivity contribution in [2.75, 3.05) is 18.6 Å². The maximum Gasteiger partial charge on any atom is 0.270 e. The van der Waals surface area contributed by atoms with Crippen molar-refractivity contribution < 1.29 is 19.0 Å². The molecule has 0 bridgehead atoms. The van der Waals surface area contributed by atoms with Gasteiger partial charge in [0, 0.05) is 0 Å². The molecule has 0 aromatic heterocycles. The molecule has 3 aromatic rings. The maximum atomic E-state index is 13.2. The summed E-state index contributed by atoms with van der Waals surface area (Å²) >= 11 is 15.2. The van der Waals surface area contributed by atoms with Crippen molar-refractivity contribution in [2.24, 2.45) is 0 Å². The van der Waals surface area contributed by atoms with E-state index in [0.29, 0.717) is 50.4 Å². The Labute approximate surface area is 232 Å². The van der Waals surface area contributed by atoms with Crippen molar-refractivity contribution in [3.8, 4) is 17.2 Å². The lowest BCUT2D eigenvalue weighted by molar-refractivity contribution is -0.113. The lowest BCUT2D eigenvalue weighted by Gasteiger charge is -2.16. The fraction of sp³-hybridized carbons (Fsp3) is 0.154. The molecule has 0 spiro atoms. The van der Waals surface area contributed by atoms with E-state index in [4.69, 9.17) is 38.0 Å². The van der Waals surface area contributed by atoms with Gasteiger partial charge in [-0.1, -0.05) is 65.9 Å². The van der Waals surface area contributed by atoms with Gasteiger partial charge in [0.25, 0.3) is 5.91 Å². The van der Waals surface area contributed by atoms with Crippen molar-refractivity contribution in [2.45, 2.75) is 13.5 Å². The average Bonchev–Trinajstić information content (AvgIpc) is 3.11. The number of ether oxygens (including phenoxy) is 3. The Hall–Kier alpha value is -2.27. The van der Waals surface area contributed by atoms with Crippen molar-refractivity contribution >= 4 is 80.2 Å². The van der Waals surface area contributed by atoms with Crippen LogP contribution in [0.25, 0.3) is 6.08 Å². The van der Waals surface area contributed by atoms with Crippen LogP contribution in [0, 0.1) is 3.57 Å². The van der Waals surface area contributed by atoms with Crippen LogP contribution in [0.4, 0.5) is 5.69 Å². The van der Waals surface area contributed by atoms with Crippen LogP contribution in [0.5, 0.6) is 17.2 Å². The number of thioether (sulfide) groups is 1. The van der Waals surface area contributed by atoms with Gasteiger partial charge in [-0.15, -0.1) is 0 Å². The van der Waals surface area contributed by atoms with Gasteiger partial charge in [-0.2, -0.15) is 0 Å². The Morgan fingerprint density at radius 2 is 1.86 bits per heavy atom. The number of carbonyl (C=O) groups excluding carboxylic acids is 1. The highest BCUT2D eigenvalue weighted by Crippen LogP contribution is 2.40. The van der Waals surface area contributed by atoms with Crippen LogP contribution < -0.4 is 19.1 Å². The number of halogens is 2. The Bertz CT molecular complexity index is 1300. The fourth-order valence-electron chi connectivity index (χ4n) is 3.44. The minimum Gasteiger partial charge on any atom is -0.495 e. The number of nitrogens with zero attached hydrogens (tertiary/aromatic N) is 1. The summed E-state index contributed by atoms with van der Waals surface area (Å²) in [6.07, 6.45) is 1.82. The Morgan fingerprint density at radius 3 is 2.54 bits per heavy atom. The van der Waals surface area contributed by atoms with E-state index >= 15 is 0 Å². The summed E-state index contributed by atoms with van der Waals surface area (Å²) < 4.78 is 18.5. The largest absolute Gasteiger partial charge is 0.495 e. The van der Waals surface area contributed by atoms with Gasteiger partial charge in [0.2, 0.25) is 0 Å². The summed E-state index contributed by atoms with van der Waals surface area (Å²) in [5.74, 6) is 1.62. The molecule has 4 rings (SSSR count). The van der Waals surface area contributed by atoms with E-state index in [1.54, 1.807) is 25.3 Å². The molecule has 1 saturated heterocycles. The molecule has 1 heterocycles. The lowest BCUT2D eigenvalue weighted by atomic mass is 10.1. The highest BCUT2D eigenvalue weighted by Gasteiger charge is 2.33. The van der Waals surface area contributed by atoms with Gasteiger partial charge in [-0.05, 0) is 77.0 Å². The van der Waals surface area contributed by atoms with Crippen molar-refractivity contribution in [1.82, 2.24) is 0 Å². The van der Waals surface area contributed by atoms with Gasteiger partial charge in [-0.3, -0.25) is 9.69 Å². The van der Waals surface area contributed by atoms with Gasteiger partial charge in [0.1, 0.15) is 12.4 Å². The minimum absolute atomic E-state index is 0.210. The molecule has 180 valence electrons. The predicted molar refractivity (Wildman–Crippen MR) is 155 cm³/mol. The summed E-state index contributed by atoms with van der Waals surface area (Å²) in [4.78, 5) is 15.2. The van der Waals surface area contributed by atoms with E-state index in [-0.39, 0.29) is 5.91 Å². The van der Waals surface area contributed by atoms with E-state index < -0.39 is 0 Å². The molecular weight excluding hydrogens is 617 g/mol. The molecule has 0 unspecified atom stereocenters. The predicted octanol–water partition coefficient (Wildman–Crippen LogP) is 7.34. The smallest absolute Gasteiger partial charge is 0.270 e. The minimum atomic E-state index is -0.210. The molecular formula is C26H21ClINO4S2. The molecule has 9 heteroatoms. The van der Waals surface area contributed by atoms with Crippen LogP contribution in [0.3, 0.4) is 0 Å². The summed E-state index contributed by atoms with van der Waals surface area (Å²) in [6.45, 7) is 2.84. The van der Waals surface area contributed by atoms with Gasteiger partial charge in [0.15, 0.2) is 15.8 Å². The van der Waals surface area contributed by atoms with Crippen molar-refractivity contribution in [3.63, 3.8) is 0 Å². The van der Waals surface area contributed by atoms with Crippen LogP contribution in [-0.2, 0) is 11.4 Å². The van der Waals surface area contributed by atoms with Crippen LogP contribution in [-0.4, -0.2) is 23.9 Å². The third-order valence-corrected chi connectivity index (χ3v) is 7.44. The van der Waals surface area contributed by atoms with E-state index in [0.717, 1.165) is 14.7 Å². The maximum absolute atomic E-state index is 13.2. The third kappa shape index (κ3) is 5.94. The normalized spacial score (nSPS) is 14.5. The Balaban J connectivity index is 1.60. The van der Waals surface area contributed by atoms with Crippen LogP contribution in [0.15, 0.2) is 65.6 Å². The van der Waals surface area contributed by atoms with Gasteiger partial charge >= 0.3 is 0 Å². The summed E-state index contributed by atoms with van der Waals surface area (Å²) in [5, 5.41) is 0.407. The second-order valence-corrected chi connectivity index (χ2v) is 10.6. The second-order valence-electron chi connectivity index (χ2n) is 7.37. The standard InChI is InChI=1S/C26H21ClINO4S2/c1-3-32-22-12-17(11-20(28)24(22)33-15-16-7-5-4-6-8-16)13-23-25(30)29(26(34)35-23)18-9-10-21(31-2)19(27)14-18/h4-14H,3,15H2,1-2H3/b23-13+. The highest BCUT2D eigenvalue weighted by molar-refractivity contribution is 14.1. The molecule has 0 aliphatic carbocycles. The molecule has 1 fully saturated rings. The van der Waals surface area contributed by atoms with E-state index in [1.807, 2.05) is 55.5 Å². The molecule has 0 N–H and O–H groups in total. The molecule has 0 radical (unpaired) electrons. The van der Waals surface area contributed by atoms with E-state index in [9.17, 15) is 4.79 Å². The summed E-state index contributed by atoms with van der Waals surface area (Å²) in [5.41, 5.74) is 2.48. The van der Waals surface area contributed by atoms with Crippen molar-refractivity contribution in [1.29, 1.82) is 0 Å². The van der Waals surface area contributed by atoms with E-state index in [1.165, 1.54) is 16.7 Å². The molecule has 1 aliphatic rings. The topological polar surface area (TPSA) is 48.0 Å². The second kappa shape index (κ2) is 11.6. The first-order valence-electron chi connectivity index (χ1n) is 10.7. The molecule has 0 saturated carbocycles. The number of thiocarbonyl (C=S) groups is 1. The molecule has 1 amide bonds. The van der Waals surface area contributed by atoms with Gasteiger partial charge in [-0.25, -0.2) is 0 Å². The monoisotopic (exact) mass is 637 g/mol. The highest BCUT2D eigenvalue weighted by atomic mass is 127. The molecule has 1 aliphatic heterocycles. The Morgan fingerprint density at radius 1 is 1.09 bits per heavy atom. The number of anilines is 1. The SMILES string of the molecule is CCOc1cc(/C=C2/SC(=S)N(c3ccc(OC)c(Cl)c3)C2=O)cc(I)c1OCc1ccccc1. The fourth-order valence-corrected chi connectivity index (χ4v) is 5.77.